The Kier molecular flexibility index (Phi) is 7.49. The van der Waals surface area contributed by atoms with E-state index < -0.39 is 12.1 Å². The minimum atomic E-state index is -0.673. The number of nitrogens with zero attached hydrogens (tertiary/aromatic N) is 2. The van der Waals surface area contributed by atoms with E-state index in [-0.39, 0.29) is 19.1 Å². The van der Waals surface area contributed by atoms with Crippen LogP contribution in [0.5, 0.6) is 0 Å². The average molecular weight is 498 g/mol. The minimum Gasteiger partial charge on any atom is -0.449 e. The monoisotopic (exact) mass is 497 g/mol. The van der Waals surface area contributed by atoms with Crippen LogP contribution < -0.4 is 10.2 Å². The van der Waals surface area contributed by atoms with Gasteiger partial charge in [-0.1, -0.05) is 65.8 Å². The maximum atomic E-state index is 12.3. The number of carbonyl (C=O) groups excluding carboxylic acids is 2. The van der Waals surface area contributed by atoms with Crippen LogP contribution in [0.3, 0.4) is 0 Å². The summed E-state index contributed by atoms with van der Waals surface area (Å²) >= 11 is 0. The number of benzene rings is 3. The zero-order chi connectivity index (χ0) is 25.6. The van der Waals surface area contributed by atoms with E-state index >= 15 is 0 Å². The van der Waals surface area contributed by atoms with Gasteiger partial charge in [0.15, 0.2) is 0 Å². The summed E-state index contributed by atoms with van der Waals surface area (Å²) in [6, 6.07) is 24.3. The van der Waals surface area contributed by atoms with Crippen LogP contribution in [-0.4, -0.2) is 44.0 Å². The molecule has 1 heterocycles. The van der Waals surface area contributed by atoms with Gasteiger partial charge in [0.2, 0.25) is 0 Å². The Morgan fingerprint density at radius 3 is 2.16 bits per heavy atom. The smallest absolute Gasteiger partial charge is 0.407 e. The number of hydrogen-bond donors (Lipinski definition) is 1. The third-order valence-electron chi connectivity index (χ3n) is 7.01. The van der Waals surface area contributed by atoms with E-state index in [1.807, 2.05) is 36.4 Å². The van der Waals surface area contributed by atoms with Crippen molar-refractivity contribution in [1.82, 2.24) is 5.32 Å². The van der Waals surface area contributed by atoms with Crippen LogP contribution in [0.1, 0.15) is 48.8 Å². The first-order valence-corrected chi connectivity index (χ1v) is 12.8. The fourth-order valence-electron chi connectivity index (χ4n) is 5.06. The molecule has 0 spiro atoms. The lowest BCUT2D eigenvalue weighted by molar-refractivity contribution is -0.142. The van der Waals surface area contributed by atoms with Crippen molar-refractivity contribution < 1.29 is 19.2 Å². The van der Waals surface area contributed by atoms with Gasteiger partial charge in [-0.15, -0.1) is 0 Å². The number of rotatable bonds is 7. The molecular weight excluding hydrogens is 466 g/mol. The SMILES string of the molecule is C/C(=N\OC(=O)CNC(=O)OCC1c2ccccc2-c2ccccc21)c1ccc(N2CCCCC2)cc1. The molecule has 0 bridgehead atoms. The van der Waals surface area contributed by atoms with Crippen LogP contribution in [0.15, 0.2) is 78.0 Å². The lowest BCUT2D eigenvalue weighted by Gasteiger charge is -2.28. The van der Waals surface area contributed by atoms with Crippen molar-refractivity contribution >= 4 is 23.5 Å². The number of hydrogen-bond acceptors (Lipinski definition) is 6. The molecule has 1 fully saturated rings. The number of ether oxygens (including phenoxy) is 1. The van der Waals surface area contributed by atoms with E-state index in [2.05, 4.69) is 51.8 Å². The maximum absolute atomic E-state index is 12.3. The van der Waals surface area contributed by atoms with Crippen molar-refractivity contribution in [2.45, 2.75) is 32.1 Å². The summed E-state index contributed by atoms with van der Waals surface area (Å²) < 4.78 is 5.45. The third kappa shape index (κ3) is 5.66. The van der Waals surface area contributed by atoms with E-state index in [1.165, 1.54) is 24.9 Å². The first kappa shape index (κ1) is 24.6. The molecule has 3 aromatic rings. The predicted octanol–water partition coefficient (Wildman–Crippen LogP) is 5.48. The first-order valence-electron chi connectivity index (χ1n) is 12.8. The van der Waals surface area contributed by atoms with E-state index in [9.17, 15) is 9.59 Å². The molecule has 37 heavy (non-hydrogen) atoms. The van der Waals surface area contributed by atoms with Crippen LogP contribution >= 0.6 is 0 Å². The van der Waals surface area contributed by atoms with Gasteiger partial charge in [-0.05, 0) is 66.1 Å². The topological polar surface area (TPSA) is 80.2 Å². The van der Waals surface area contributed by atoms with Crippen molar-refractivity contribution in [3.05, 3.63) is 89.5 Å². The summed E-state index contributed by atoms with van der Waals surface area (Å²) in [4.78, 5) is 31.8. The Bertz CT molecular complexity index is 1250. The number of nitrogens with one attached hydrogen (secondary N) is 1. The Hall–Kier alpha value is -4.13. The molecule has 3 aromatic carbocycles. The highest BCUT2D eigenvalue weighted by Crippen LogP contribution is 2.44. The normalized spacial score (nSPS) is 15.1. The number of anilines is 1. The number of oxime groups is 1. The molecular formula is C30H31N3O4. The summed E-state index contributed by atoms with van der Waals surface area (Å²) in [5, 5.41) is 6.39. The summed E-state index contributed by atoms with van der Waals surface area (Å²) in [6.45, 7) is 3.80. The van der Waals surface area contributed by atoms with Crippen molar-refractivity contribution in [2.24, 2.45) is 5.16 Å². The van der Waals surface area contributed by atoms with Gasteiger partial charge in [0, 0.05) is 24.7 Å². The lowest BCUT2D eigenvalue weighted by Crippen LogP contribution is -2.31. The standard InChI is InChI=1S/C30H31N3O4/c1-21(22-13-15-23(16-14-22)33-17-7-2-8-18-33)32-37-29(34)19-31-30(35)36-20-28-26-11-5-3-9-24(26)25-10-4-6-12-27(25)28/h3-6,9-16,28H,2,7-8,17-20H2,1H3,(H,31,35)/b32-21+. The number of piperidine rings is 1. The zero-order valence-electron chi connectivity index (χ0n) is 21.0. The van der Waals surface area contributed by atoms with Crippen molar-refractivity contribution in [1.29, 1.82) is 0 Å². The van der Waals surface area contributed by atoms with Crippen molar-refractivity contribution in [3.8, 4) is 11.1 Å². The van der Waals surface area contributed by atoms with E-state index in [0.717, 1.165) is 40.9 Å². The summed E-state index contributed by atoms with van der Waals surface area (Å²) in [7, 11) is 0. The van der Waals surface area contributed by atoms with E-state index in [1.54, 1.807) is 6.92 Å². The molecule has 0 atom stereocenters. The summed E-state index contributed by atoms with van der Waals surface area (Å²) in [6.07, 6.45) is 3.07. The van der Waals surface area contributed by atoms with E-state index in [0.29, 0.717) is 5.71 Å². The fraction of sp³-hybridized carbons (Fsp3) is 0.300. The molecule has 1 aliphatic carbocycles. The molecule has 0 aromatic heterocycles. The number of fused-ring (bicyclic) bond motifs is 3. The maximum Gasteiger partial charge on any atom is 0.407 e. The molecule has 7 heteroatoms. The van der Waals surface area contributed by atoms with Gasteiger partial charge >= 0.3 is 12.1 Å². The van der Waals surface area contributed by atoms with Crippen LogP contribution in [0, 0.1) is 0 Å². The van der Waals surface area contributed by atoms with E-state index in [4.69, 9.17) is 9.57 Å². The van der Waals surface area contributed by atoms with Crippen LogP contribution in [0.2, 0.25) is 0 Å². The van der Waals surface area contributed by atoms with Gasteiger partial charge in [0.25, 0.3) is 0 Å². The molecule has 1 N–H and O–H groups in total. The number of carbonyl (C=O) groups is 2. The predicted molar refractivity (Wildman–Crippen MR) is 144 cm³/mol. The highest BCUT2D eigenvalue weighted by Gasteiger charge is 2.29. The van der Waals surface area contributed by atoms with Crippen LogP contribution in [0.4, 0.5) is 10.5 Å². The molecule has 7 nitrogen and oxygen atoms in total. The molecule has 1 saturated heterocycles. The average Bonchev–Trinajstić information content (AvgIpc) is 3.28. The second kappa shape index (κ2) is 11.3. The molecule has 1 amide bonds. The Morgan fingerprint density at radius 1 is 0.892 bits per heavy atom. The molecule has 0 radical (unpaired) electrons. The van der Waals surface area contributed by atoms with Gasteiger partial charge in [-0.25, -0.2) is 9.59 Å². The lowest BCUT2D eigenvalue weighted by atomic mass is 9.98. The number of amides is 1. The molecule has 2 aliphatic rings. The molecule has 0 saturated carbocycles. The Morgan fingerprint density at radius 2 is 1.51 bits per heavy atom. The second-order valence-corrected chi connectivity index (χ2v) is 9.41. The fourth-order valence-corrected chi connectivity index (χ4v) is 5.06. The van der Waals surface area contributed by atoms with Gasteiger partial charge in [0.1, 0.15) is 13.2 Å². The van der Waals surface area contributed by atoms with Gasteiger partial charge < -0.3 is 19.8 Å². The first-order chi connectivity index (χ1) is 18.1. The summed E-state index contributed by atoms with van der Waals surface area (Å²) in [5.41, 5.74) is 7.22. The molecule has 190 valence electrons. The highest BCUT2D eigenvalue weighted by molar-refractivity contribution is 5.99. The highest BCUT2D eigenvalue weighted by atomic mass is 16.7. The van der Waals surface area contributed by atoms with Crippen molar-refractivity contribution in [3.63, 3.8) is 0 Å². The quantitative estimate of drug-likeness (QED) is 0.266. The largest absolute Gasteiger partial charge is 0.449 e. The van der Waals surface area contributed by atoms with Crippen LogP contribution in [-0.2, 0) is 14.4 Å². The minimum absolute atomic E-state index is 0.0429. The zero-order valence-corrected chi connectivity index (χ0v) is 21.0. The summed E-state index contributed by atoms with van der Waals surface area (Å²) in [5.74, 6) is -0.712. The van der Waals surface area contributed by atoms with Gasteiger partial charge in [-0.3, -0.25) is 0 Å². The number of alkyl carbamates (subject to hydrolysis) is 1. The van der Waals surface area contributed by atoms with Crippen LogP contribution in [0.25, 0.3) is 11.1 Å². The molecule has 5 rings (SSSR count). The van der Waals surface area contributed by atoms with Crippen molar-refractivity contribution in [2.75, 3.05) is 31.1 Å². The second-order valence-electron chi connectivity index (χ2n) is 9.41. The third-order valence-corrected chi connectivity index (χ3v) is 7.01. The van der Waals surface area contributed by atoms with Gasteiger partial charge in [-0.2, -0.15) is 0 Å². The Labute approximate surface area is 217 Å². The molecule has 0 unspecified atom stereocenters. The van der Waals surface area contributed by atoms with Gasteiger partial charge in [0.05, 0.1) is 5.71 Å². The Balaban J connectivity index is 1.09. The molecule has 1 aliphatic heterocycles.